The van der Waals surface area contributed by atoms with Crippen LogP contribution >= 0.6 is 24.8 Å². The summed E-state index contributed by atoms with van der Waals surface area (Å²) in [6.07, 6.45) is 1.67. The highest BCUT2D eigenvalue weighted by atomic mass is 35.5. The Kier molecular flexibility index (Phi) is 12.3. The highest BCUT2D eigenvalue weighted by Crippen LogP contribution is 2.29. The van der Waals surface area contributed by atoms with E-state index in [9.17, 15) is 9.59 Å². The highest BCUT2D eigenvalue weighted by molar-refractivity contribution is 5.95. The van der Waals surface area contributed by atoms with Gasteiger partial charge in [-0.2, -0.15) is 0 Å². The summed E-state index contributed by atoms with van der Waals surface area (Å²) in [5.41, 5.74) is 9.45. The Balaban J connectivity index is 0.00000253. The van der Waals surface area contributed by atoms with Crippen LogP contribution in [0.2, 0.25) is 0 Å². The maximum atomic E-state index is 12.9. The lowest BCUT2D eigenvalue weighted by Gasteiger charge is -2.32. The zero-order valence-electron chi connectivity index (χ0n) is 21.6. The van der Waals surface area contributed by atoms with Gasteiger partial charge < -0.3 is 31.3 Å². The van der Waals surface area contributed by atoms with E-state index >= 15 is 0 Å². The topological polar surface area (TPSA) is 133 Å². The quantitative estimate of drug-likeness (QED) is 0.247. The van der Waals surface area contributed by atoms with Gasteiger partial charge in [-0.1, -0.05) is 36.4 Å². The molecule has 38 heavy (non-hydrogen) atoms. The molecule has 2 aliphatic rings. The second-order valence-electron chi connectivity index (χ2n) is 9.48. The van der Waals surface area contributed by atoms with E-state index in [0.717, 1.165) is 44.8 Å². The molecule has 208 valence electrons. The van der Waals surface area contributed by atoms with E-state index in [2.05, 4.69) is 45.1 Å². The van der Waals surface area contributed by atoms with E-state index < -0.39 is 6.04 Å². The summed E-state index contributed by atoms with van der Waals surface area (Å²) in [6.45, 7) is 6.12. The summed E-state index contributed by atoms with van der Waals surface area (Å²) in [4.78, 5) is 27.8. The van der Waals surface area contributed by atoms with Crippen molar-refractivity contribution in [1.82, 2.24) is 16.0 Å². The van der Waals surface area contributed by atoms with Gasteiger partial charge in [-0.3, -0.25) is 15.0 Å². The van der Waals surface area contributed by atoms with Crippen LogP contribution in [-0.4, -0.2) is 62.6 Å². The Morgan fingerprint density at radius 1 is 1.11 bits per heavy atom. The summed E-state index contributed by atoms with van der Waals surface area (Å²) in [5, 5.41) is 16.5. The molecule has 0 unspecified atom stereocenters. The van der Waals surface area contributed by atoms with Crippen LogP contribution in [-0.2, 0) is 20.9 Å². The van der Waals surface area contributed by atoms with Crippen LogP contribution in [0.1, 0.15) is 42.4 Å². The molecule has 0 spiro atoms. The van der Waals surface area contributed by atoms with Gasteiger partial charge in [0.2, 0.25) is 11.8 Å². The van der Waals surface area contributed by atoms with E-state index in [1.54, 1.807) is 19.1 Å². The zero-order valence-corrected chi connectivity index (χ0v) is 23.2. The summed E-state index contributed by atoms with van der Waals surface area (Å²) in [5.74, 6) is -0.100. The third-order valence-corrected chi connectivity index (χ3v) is 6.94. The molecule has 2 saturated heterocycles. The molecule has 0 aromatic heterocycles. The Morgan fingerprint density at radius 2 is 1.76 bits per heavy atom. The Hall–Kier alpha value is -2.85. The molecule has 4 rings (SSSR count). The first kappa shape index (κ1) is 31.4. The number of benzene rings is 2. The SMILES string of the molecule is C[C@H](NC(=O)[C@H]1C[C@@H](c2ccc(N3CCOCC3)cc2)CCN1)C(=O)NCc1ccc(C(=N)N)cc1.Cl.Cl. The standard InChI is InChI=1S/C27H36N6O3.2ClH/c1-18(26(34)31-17-19-2-4-21(5-3-19)25(28)29)32-27(35)24-16-22(10-11-30-24)20-6-8-23(9-7-20)33-12-14-36-15-13-33;;/h2-9,18,22,24,30H,10-17H2,1H3,(H3,28,29)(H,31,34)(H,32,35);2*1H/t18-,22-,24+;;/m0../s1. The smallest absolute Gasteiger partial charge is 0.242 e. The molecule has 2 heterocycles. The van der Waals surface area contributed by atoms with Crippen molar-refractivity contribution in [3.63, 3.8) is 0 Å². The molecular weight excluding hydrogens is 527 g/mol. The monoisotopic (exact) mass is 564 g/mol. The summed E-state index contributed by atoms with van der Waals surface area (Å²) in [7, 11) is 0. The molecule has 0 bridgehead atoms. The molecule has 2 fully saturated rings. The van der Waals surface area contributed by atoms with Crippen molar-refractivity contribution in [3.05, 3.63) is 65.2 Å². The lowest BCUT2D eigenvalue weighted by Crippen LogP contribution is -2.53. The molecule has 2 amide bonds. The number of amidine groups is 1. The number of amides is 2. The van der Waals surface area contributed by atoms with Crippen molar-refractivity contribution < 1.29 is 14.3 Å². The molecule has 0 saturated carbocycles. The first-order chi connectivity index (χ1) is 17.4. The van der Waals surface area contributed by atoms with Crippen molar-refractivity contribution >= 4 is 48.2 Å². The number of halogens is 2. The predicted octanol–water partition coefficient (Wildman–Crippen LogP) is 2.31. The Morgan fingerprint density at radius 3 is 2.39 bits per heavy atom. The molecule has 2 aromatic carbocycles. The normalized spacial score (nSPS) is 19.8. The number of carbonyl (C=O) groups excluding carboxylic acids is 2. The number of nitrogens with two attached hydrogens (primary N) is 1. The zero-order chi connectivity index (χ0) is 25.5. The van der Waals surface area contributed by atoms with Gasteiger partial charge in [0, 0.05) is 30.9 Å². The van der Waals surface area contributed by atoms with E-state index in [1.807, 2.05) is 12.1 Å². The van der Waals surface area contributed by atoms with Crippen LogP contribution in [0.15, 0.2) is 48.5 Å². The number of nitrogens with one attached hydrogen (secondary N) is 4. The Labute approximate surface area is 236 Å². The van der Waals surface area contributed by atoms with Gasteiger partial charge in [0.25, 0.3) is 0 Å². The van der Waals surface area contributed by atoms with Crippen LogP contribution < -0.4 is 26.6 Å². The van der Waals surface area contributed by atoms with E-state index in [0.29, 0.717) is 24.4 Å². The van der Waals surface area contributed by atoms with Crippen LogP contribution in [0.25, 0.3) is 0 Å². The van der Waals surface area contributed by atoms with Gasteiger partial charge in [0.15, 0.2) is 0 Å². The van der Waals surface area contributed by atoms with Crippen LogP contribution in [0.5, 0.6) is 0 Å². The molecule has 11 heteroatoms. The number of carbonyl (C=O) groups is 2. The number of morpholine rings is 1. The van der Waals surface area contributed by atoms with Crippen molar-refractivity contribution in [2.75, 3.05) is 37.7 Å². The average molecular weight is 566 g/mol. The fourth-order valence-corrected chi connectivity index (χ4v) is 4.72. The number of hydrogen-bond acceptors (Lipinski definition) is 6. The Bertz CT molecular complexity index is 1060. The third-order valence-electron chi connectivity index (χ3n) is 6.94. The summed E-state index contributed by atoms with van der Waals surface area (Å²) < 4.78 is 5.44. The maximum absolute atomic E-state index is 12.9. The second-order valence-corrected chi connectivity index (χ2v) is 9.48. The minimum atomic E-state index is -0.649. The fourth-order valence-electron chi connectivity index (χ4n) is 4.72. The maximum Gasteiger partial charge on any atom is 0.242 e. The van der Waals surface area contributed by atoms with Crippen molar-refractivity contribution in [3.8, 4) is 0 Å². The summed E-state index contributed by atoms with van der Waals surface area (Å²) >= 11 is 0. The van der Waals surface area contributed by atoms with Crippen LogP contribution in [0.3, 0.4) is 0 Å². The minimum absolute atomic E-state index is 0. The molecule has 3 atom stereocenters. The first-order valence-corrected chi connectivity index (χ1v) is 12.6. The summed E-state index contributed by atoms with van der Waals surface area (Å²) in [6, 6.07) is 14.8. The molecule has 2 aromatic rings. The number of nitrogens with zero attached hydrogens (tertiary/aromatic N) is 1. The first-order valence-electron chi connectivity index (χ1n) is 12.6. The second kappa shape index (κ2) is 14.9. The van der Waals surface area contributed by atoms with Gasteiger partial charge in [-0.05, 0) is 55.5 Å². The van der Waals surface area contributed by atoms with Gasteiger partial charge in [0.05, 0.1) is 19.3 Å². The number of ether oxygens (including phenoxy) is 1. The third kappa shape index (κ3) is 8.33. The predicted molar refractivity (Wildman–Crippen MR) is 155 cm³/mol. The fraction of sp³-hybridized carbons (Fsp3) is 0.444. The van der Waals surface area contributed by atoms with Crippen molar-refractivity contribution in [2.24, 2.45) is 5.73 Å². The molecule has 2 aliphatic heterocycles. The largest absolute Gasteiger partial charge is 0.384 e. The lowest BCUT2D eigenvalue weighted by molar-refractivity contribution is -0.130. The van der Waals surface area contributed by atoms with Crippen molar-refractivity contribution in [1.29, 1.82) is 5.41 Å². The van der Waals surface area contributed by atoms with E-state index in [4.69, 9.17) is 15.9 Å². The highest BCUT2D eigenvalue weighted by Gasteiger charge is 2.29. The average Bonchev–Trinajstić information content (AvgIpc) is 2.92. The molecule has 0 radical (unpaired) electrons. The molecule has 0 aliphatic carbocycles. The molecular formula is C27H38Cl2N6O3. The van der Waals surface area contributed by atoms with Gasteiger partial charge >= 0.3 is 0 Å². The number of hydrogen-bond donors (Lipinski definition) is 5. The number of piperidine rings is 1. The number of rotatable bonds is 8. The lowest BCUT2D eigenvalue weighted by atomic mass is 9.86. The minimum Gasteiger partial charge on any atom is -0.384 e. The van der Waals surface area contributed by atoms with Gasteiger partial charge in [-0.15, -0.1) is 24.8 Å². The number of nitrogen functional groups attached to an aromatic ring is 1. The number of anilines is 1. The molecule has 6 N–H and O–H groups in total. The van der Waals surface area contributed by atoms with E-state index in [-0.39, 0.29) is 48.5 Å². The van der Waals surface area contributed by atoms with Crippen LogP contribution in [0.4, 0.5) is 5.69 Å². The molecule has 9 nitrogen and oxygen atoms in total. The van der Waals surface area contributed by atoms with Crippen molar-refractivity contribution in [2.45, 2.75) is 44.3 Å². The van der Waals surface area contributed by atoms with E-state index in [1.165, 1.54) is 11.3 Å². The van der Waals surface area contributed by atoms with Crippen LogP contribution in [0, 0.1) is 5.41 Å². The van der Waals surface area contributed by atoms with Gasteiger partial charge in [-0.25, -0.2) is 0 Å². The van der Waals surface area contributed by atoms with Gasteiger partial charge in [0.1, 0.15) is 11.9 Å².